The number of likely N-dealkylation sites (N-methyl/N-ethyl adjacent to an activating group) is 2. The van der Waals surface area contributed by atoms with Crippen molar-refractivity contribution in [2.45, 2.75) is 30.3 Å². The van der Waals surface area contributed by atoms with Crippen molar-refractivity contribution in [1.82, 2.24) is 24.8 Å². The molecule has 0 unspecified atom stereocenters. The Balaban J connectivity index is 2.04. The van der Waals surface area contributed by atoms with Crippen LogP contribution in [0.5, 0.6) is 5.88 Å². The van der Waals surface area contributed by atoms with Gasteiger partial charge < -0.3 is 30.5 Å². The first-order valence-electron chi connectivity index (χ1n) is 13.2. The minimum atomic E-state index is -4.66. The molecule has 13 nitrogen and oxygen atoms in total. The van der Waals surface area contributed by atoms with Crippen LogP contribution in [0.2, 0.25) is 0 Å². The molecule has 0 radical (unpaired) electrons. The van der Waals surface area contributed by atoms with Crippen LogP contribution in [0, 0.1) is 0 Å². The maximum atomic E-state index is 13.2. The van der Waals surface area contributed by atoms with Crippen LogP contribution in [0.1, 0.15) is 13.8 Å². The van der Waals surface area contributed by atoms with Gasteiger partial charge in [0.25, 0.3) is 0 Å². The lowest BCUT2D eigenvalue weighted by molar-refractivity contribution is -0.153. The molecule has 238 valence electrons. The first-order chi connectivity index (χ1) is 20.6. The van der Waals surface area contributed by atoms with Gasteiger partial charge in [-0.3, -0.25) is 4.79 Å². The summed E-state index contributed by atoms with van der Waals surface area (Å²) in [5.41, 5.74) is 0.243. The number of carbonyl (C=O) groups is 1. The summed E-state index contributed by atoms with van der Waals surface area (Å²) >= 11 is 0. The van der Waals surface area contributed by atoms with E-state index in [2.05, 4.69) is 42.5 Å². The highest BCUT2D eigenvalue weighted by atomic mass is 32.2. The van der Waals surface area contributed by atoms with E-state index in [-0.39, 0.29) is 39.7 Å². The Hall–Kier alpha value is -4.51. The van der Waals surface area contributed by atoms with Crippen LogP contribution in [-0.2, 0) is 14.6 Å². The van der Waals surface area contributed by atoms with Gasteiger partial charge in [-0.2, -0.15) is 23.1 Å². The molecule has 0 fully saturated rings. The van der Waals surface area contributed by atoms with Crippen LogP contribution in [0.15, 0.2) is 54.3 Å². The van der Waals surface area contributed by atoms with Crippen molar-refractivity contribution < 1.29 is 31.1 Å². The molecule has 1 amide bonds. The molecule has 0 spiro atoms. The molecule has 3 N–H and O–H groups in total. The summed E-state index contributed by atoms with van der Waals surface area (Å²) in [6.45, 7) is 5.87. The largest absolute Gasteiger partial charge is 0.466 e. The van der Waals surface area contributed by atoms with Gasteiger partial charge in [0, 0.05) is 32.5 Å². The maximum absolute atomic E-state index is 13.2. The van der Waals surface area contributed by atoms with Crippen molar-refractivity contribution in [2.24, 2.45) is 0 Å². The number of rotatable bonds is 14. The fourth-order valence-corrected chi connectivity index (χ4v) is 4.62. The minimum Gasteiger partial charge on any atom is -0.466 e. The molecule has 0 aromatic carbocycles. The molecule has 3 rings (SSSR count). The number of anilines is 6. The van der Waals surface area contributed by atoms with Gasteiger partial charge in [0.05, 0.1) is 16.6 Å². The molecular formula is C27H34F3N9O4S. The van der Waals surface area contributed by atoms with Gasteiger partial charge in [-0.1, -0.05) is 6.58 Å². The van der Waals surface area contributed by atoms with E-state index in [0.29, 0.717) is 13.1 Å². The third-order valence-electron chi connectivity index (χ3n) is 5.85. The molecule has 17 heteroatoms. The average molecular weight is 638 g/mol. The number of ether oxygens (including phenoxy) is 1. The number of hydrogen-bond acceptors (Lipinski definition) is 12. The first-order valence-corrected chi connectivity index (χ1v) is 14.7. The fraction of sp³-hybridized carbons (Fsp3) is 0.370. The summed E-state index contributed by atoms with van der Waals surface area (Å²) in [4.78, 5) is 32.5. The Bertz CT molecular complexity index is 1580. The molecule has 0 aliphatic carbocycles. The van der Waals surface area contributed by atoms with Crippen LogP contribution in [0.25, 0.3) is 0 Å². The van der Waals surface area contributed by atoms with Gasteiger partial charge >= 0.3 is 6.18 Å². The van der Waals surface area contributed by atoms with Crippen molar-refractivity contribution in [2.75, 3.05) is 61.7 Å². The van der Waals surface area contributed by atoms with E-state index in [1.54, 1.807) is 18.0 Å². The smallest absolute Gasteiger partial charge is 0.422 e. The van der Waals surface area contributed by atoms with Gasteiger partial charge in [0.2, 0.25) is 17.7 Å². The average Bonchev–Trinajstić information content (AvgIpc) is 2.95. The predicted octanol–water partition coefficient (Wildman–Crippen LogP) is 4.00. The Morgan fingerprint density at radius 2 is 1.77 bits per heavy atom. The zero-order valence-corrected chi connectivity index (χ0v) is 25.6. The number of halogens is 3. The molecule has 3 aromatic heterocycles. The van der Waals surface area contributed by atoms with E-state index in [4.69, 9.17) is 4.74 Å². The third kappa shape index (κ3) is 9.24. The van der Waals surface area contributed by atoms with Crippen LogP contribution in [0.3, 0.4) is 0 Å². The van der Waals surface area contributed by atoms with Crippen LogP contribution in [-0.4, -0.2) is 91.4 Å². The number of amides is 1. The molecule has 0 saturated heterocycles. The second kappa shape index (κ2) is 14.3. The Morgan fingerprint density at radius 3 is 2.41 bits per heavy atom. The number of nitrogens with zero attached hydrogens (tertiary/aromatic N) is 6. The minimum absolute atomic E-state index is 0.0834. The Morgan fingerprint density at radius 1 is 1.05 bits per heavy atom. The van der Waals surface area contributed by atoms with Crippen molar-refractivity contribution in [1.29, 1.82) is 0 Å². The third-order valence-corrected chi connectivity index (χ3v) is 7.96. The Kier molecular flexibility index (Phi) is 11.1. The molecule has 0 aliphatic heterocycles. The standard InChI is InChI=1S/C27H34F3N9O4S/c1-7-22(40)34-19-15-20(24(43-16-27(28,29)30)37-23(19)39(6)14-13-38(4)5)35-26-32-12-10-21(36-26)33-18-9-8-11-31-25(18)44(41,42)17(2)3/h7-12,15,17H,1,13-14,16H2,2-6H3,(H,34,40)(H2,32,33,35,36). The lowest BCUT2D eigenvalue weighted by atomic mass is 10.3. The molecule has 3 heterocycles. The number of carbonyl (C=O) groups excluding carboxylic acids is 1. The molecule has 0 atom stereocenters. The SMILES string of the molecule is C=CC(=O)Nc1cc(Nc2nccc(Nc3cccnc3S(=O)(=O)C(C)C)n2)c(OCC(F)(F)F)nc1N(C)CCN(C)C. The van der Waals surface area contributed by atoms with Gasteiger partial charge in [-0.15, -0.1) is 0 Å². The quantitative estimate of drug-likeness (QED) is 0.219. The second-order valence-corrected chi connectivity index (χ2v) is 12.4. The number of pyridine rings is 2. The lowest BCUT2D eigenvalue weighted by Crippen LogP contribution is -2.30. The zero-order chi connectivity index (χ0) is 32.7. The van der Waals surface area contributed by atoms with Crippen molar-refractivity contribution in [3.8, 4) is 5.88 Å². The van der Waals surface area contributed by atoms with Gasteiger partial charge in [0.15, 0.2) is 27.3 Å². The summed E-state index contributed by atoms with van der Waals surface area (Å²) in [7, 11) is 1.63. The fourth-order valence-electron chi connectivity index (χ4n) is 3.54. The van der Waals surface area contributed by atoms with Gasteiger partial charge in [-0.05, 0) is 58.3 Å². The summed E-state index contributed by atoms with van der Waals surface area (Å²) < 4.78 is 70.1. The van der Waals surface area contributed by atoms with Gasteiger partial charge in [0.1, 0.15) is 11.5 Å². The predicted molar refractivity (Wildman–Crippen MR) is 162 cm³/mol. The Labute approximate surface area is 253 Å². The molecular weight excluding hydrogens is 603 g/mol. The van der Waals surface area contributed by atoms with E-state index in [1.165, 1.54) is 44.4 Å². The van der Waals surface area contributed by atoms with E-state index in [9.17, 15) is 26.4 Å². The summed E-state index contributed by atoms with van der Waals surface area (Å²) in [5, 5.41) is 7.41. The normalized spacial score (nSPS) is 11.8. The number of hydrogen-bond donors (Lipinski definition) is 3. The summed E-state index contributed by atoms with van der Waals surface area (Å²) in [6.07, 6.45) is -0.926. The molecule has 44 heavy (non-hydrogen) atoms. The van der Waals surface area contributed by atoms with E-state index < -0.39 is 39.7 Å². The number of alkyl halides is 3. The highest BCUT2D eigenvalue weighted by Gasteiger charge is 2.30. The van der Waals surface area contributed by atoms with Crippen LogP contribution >= 0.6 is 0 Å². The molecule has 0 aliphatic rings. The first kappa shape index (κ1) is 34.0. The van der Waals surface area contributed by atoms with Crippen LogP contribution < -0.4 is 25.6 Å². The molecule has 0 bridgehead atoms. The summed E-state index contributed by atoms with van der Waals surface area (Å²) in [6, 6.07) is 5.88. The zero-order valence-electron chi connectivity index (χ0n) is 24.8. The number of sulfone groups is 1. The highest BCUT2D eigenvalue weighted by molar-refractivity contribution is 7.92. The number of nitrogens with one attached hydrogen (secondary N) is 3. The van der Waals surface area contributed by atoms with Crippen LogP contribution in [0.4, 0.5) is 47.8 Å². The van der Waals surface area contributed by atoms with Crippen molar-refractivity contribution >= 4 is 50.4 Å². The van der Waals surface area contributed by atoms with Crippen molar-refractivity contribution in [3.63, 3.8) is 0 Å². The van der Waals surface area contributed by atoms with Crippen molar-refractivity contribution in [3.05, 3.63) is 49.3 Å². The van der Waals surface area contributed by atoms with Gasteiger partial charge in [-0.25, -0.2) is 18.4 Å². The number of aromatic nitrogens is 4. The maximum Gasteiger partial charge on any atom is 0.422 e. The van der Waals surface area contributed by atoms with E-state index in [1.807, 2.05) is 19.0 Å². The monoisotopic (exact) mass is 637 g/mol. The highest BCUT2D eigenvalue weighted by Crippen LogP contribution is 2.36. The molecule has 3 aromatic rings. The topological polar surface area (TPSA) is 155 Å². The summed E-state index contributed by atoms with van der Waals surface area (Å²) in [5.74, 6) is -0.793. The van der Waals surface area contributed by atoms with E-state index in [0.717, 1.165) is 6.08 Å². The lowest BCUT2D eigenvalue weighted by Gasteiger charge is -2.25. The van der Waals surface area contributed by atoms with E-state index >= 15 is 0 Å². The second-order valence-electron chi connectivity index (χ2n) is 10.00. The molecule has 0 saturated carbocycles.